The van der Waals surface area contributed by atoms with E-state index in [-0.39, 0.29) is 17.6 Å². The summed E-state index contributed by atoms with van der Waals surface area (Å²) in [5, 5.41) is 31.8. The zero-order valence-electron chi connectivity index (χ0n) is 10.8. The number of carboxylic acid groups (broad SMARTS) is 1. The van der Waals surface area contributed by atoms with E-state index in [0.29, 0.717) is 18.7 Å². The molecule has 0 aliphatic heterocycles. The van der Waals surface area contributed by atoms with E-state index in [1.165, 1.54) is 18.2 Å². The molecule has 0 atom stereocenters. The minimum atomic E-state index is -1.32. The highest BCUT2D eigenvalue weighted by atomic mass is 16.6. The van der Waals surface area contributed by atoms with E-state index in [1.54, 1.807) is 0 Å². The summed E-state index contributed by atoms with van der Waals surface area (Å²) in [6, 6.07) is 3.98. The molecule has 0 bridgehead atoms. The number of carbonyl (C=O) groups is 1. The van der Waals surface area contributed by atoms with Gasteiger partial charge in [-0.2, -0.15) is 0 Å². The predicted octanol–water partition coefficient (Wildman–Crippen LogP) is 1.87. The molecule has 0 saturated heterocycles. The number of rotatable bonds is 7. The lowest BCUT2D eigenvalue weighted by atomic mass is 10.0. The van der Waals surface area contributed by atoms with Crippen LogP contribution in [0.5, 0.6) is 0 Å². The van der Waals surface area contributed by atoms with Gasteiger partial charge in [-0.1, -0.05) is 0 Å². The van der Waals surface area contributed by atoms with E-state index in [2.05, 4.69) is 5.32 Å². The van der Waals surface area contributed by atoms with E-state index in [4.69, 9.17) is 10.2 Å². The number of nitro groups is 1. The summed E-state index contributed by atoms with van der Waals surface area (Å²) in [6.45, 7) is 0.747. The lowest BCUT2D eigenvalue weighted by molar-refractivity contribution is -0.385. The number of anilines is 1. The summed E-state index contributed by atoms with van der Waals surface area (Å²) in [5.41, 5.74) is -0.146. The van der Waals surface area contributed by atoms with Crippen LogP contribution in [0, 0.1) is 15.5 Å². The molecule has 20 heavy (non-hydrogen) atoms. The van der Waals surface area contributed by atoms with Crippen LogP contribution in [-0.2, 0) is 0 Å². The molecule has 7 nitrogen and oxygen atoms in total. The summed E-state index contributed by atoms with van der Waals surface area (Å²) in [5.74, 6) is -1.32. The Morgan fingerprint density at radius 1 is 1.45 bits per heavy atom. The number of nitrogens with one attached hydrogen (secondary N) is 1. The largest absolute Gasteiger partial charge is 0.477 e. The molecule has 0 spiro atoms. The first-order valence-electron chi connectivity index (χ1n) is 6.34. The molecule has 0 heterocycles. The molecule has 0 unspecified atom stereocenters. The molecule has 1 aromatic rings. The molecule has 7 heteroatoms. The lowest BCUT2D eigenvalue weighted by Gasteiger charge is -2.15. The van der Waals surface area contributed by atoms with Crippen LogP contribution in [0.15, 0.2) is 18.2 Å². The van der Waals surface area contributed by atoms with Crippen molar-refractivity contribution in [2.24, 2.45) is 5.41 Å². The Morgan fingerprint density at radius 3 is 2.65 bits per heavy atom. The molecule has 1 aliphatic rings. The SMILES string of the molecule is O=C(O)c1ccc(NCC2(CCO)CC2)cc1[N+](=O)[O-]. The first-order chi connectivity index (χ1) is 9.47. The van der Waals surface area contributed by atoms with E-state index in [0.717, 1.165) is 12.8 Å². The van der Waals surface area contributed by atoms with E-state index in [1.807, 2.05) is 0 Å². The van der Waals surface area contributed by atoms with Crippen molar-refractivity contribution in [3.8, 4) is 0 Å². The summed E-state index contributed by atoms with van der Waals surface area (Å²) in [4.78, 5) is 21.1. The second-order valence-corrected chi connectivity index (χ2v) is 5.12. The molecule has 0 aromatic heterocycles. The average Bonchev–Trinajstić information content (AvgIpc) is 3.16. The maximum absolute atomic E-state index is 10.9. The standard InChI is InChI=1S/C13H16N2O5/c16-6-5-13(3-4-13)8-14-9-1-2-10(12(17)18)11(7-9)15(19)20/h1-2,7,14,16H,3-6,8H2,(H,17,18). The number of hydrogen-bond acceptors (Lipinski definition) is 5. The Labute approximate surface area is 115 Å². The van der Waals surface area contributed by atoms with E-state index in [9.17, 15) is 14.9 Å². The summed E-state index contributed by atoms with van der Waals surface area (Å²) in [7, 11) is 0. The topological polar surface area (TPSA) is 113 Å². The smallest absolute Gasteiger partial charge is 0.342 e. The second-order valence-electron chi connectivity index (χ2n) is 5.12. The molecule has 1 aromatic carbocycles. The first-order valence-corrected chi connectivity index (χ1v) is 6.34. The molecular weight excluding hydrogens is 264 g/mol. The van der Waals surface area contributed by atoms with Gasteiger partial charge >= 0.3 is 5.97 Å². The second kappa shape index (κ2) is 5.46. The van der Waals surface area contributed by atoms with Crippen LogP contribution in [0.4, 0.5) is 11.4 Å². The number of carboxylic acids is 1. The van der Waals surface area contributed by atoms with Crippen molar-refractivity contribution in [3.63, 3.8) is 0 Å². The molecule has 108 valence electrons. The van der Waals surface area contributed by atoms with Gasteiger partial charge in [0.25, 0.3) is 5.69 Å². The molecule has 1 aliphatic carbocycles. The lowest BCUT2D eigenvalue weighted by Crippen LogP contribution is -2.17. The van der Waals surface area contributed by atoms with Gasteiger partial charge in [0.2, 0.25) is 0 Å². The van der Waals surface area contributed by atoms with Crippen molar-refractivity contribution in [3.05, 3.63) is 33.9 Å². The zero-order valence-corrected chi connectivity index (χ0v) is 10.8. The number of aliphatic hydroxyl groups is 1. The van der Waals surface area contributed by atoms with E-state index < -0.39 is 16.6 Å². The van der Waals surface area contributed by atoms with Crippen LogP contribution in [-0.4, -0.2) is 34.3 Å². The minimum Gasteiger partial charge on any atom is -0.477 e. The molecule has 1 saturated carbocycles. The average molecular weight is 280 g/mol. The fraction of sp³-hybridized carbons (Fsp3) is 0.462. The summed E-state index contributed by atoms with van der Waals surface area (Å²) < 4.78 is 0. The van der Waals surface area contributed by atoms with Gasteiger partial charge < -0.3 is 15.5 Å². The maximum atomic E-state index is 10.9. The van der Waals surface area contributed by atoms with Crippen LogP contribution in [0.25, 0.3) is 0 Å². The van der Waals surface area contributed by atoms with Crippen molar-refractivity contribution < 1.29 is 19.9 Å². The van der Waals surface area contributed by atoms with Gasteiger partial charge in [0.15, 0.2) is 0 Å². The Morgan fingerprint density at radius 2 is 2.15 bits per heavy atom. The Bertz CT molecular complexity index is 540. The third-order valence-corrected chi connectivity index (χ3v) is 3.69. The monoisotopic (exact) mass is 280 g/mol. The molecule has 2 rings (SSSR count). The van der Waals surface area contributed by atoms with Gasteiger partial charge in [-0.25, -0.2) is 4.79 Å². The van der Waals surface area contributed by atoms with Crippen molar-refractivity contribution >= 4 is 17.3 Å². The number of hydrogen-bond donors (Lipinski definition) is 3. The summed E-state index contributed by atoms with van der Waals surface area (Å²) in [6.07, 6.45) is 2.75. The van der Waals surface area contributed by atoms with Crippen molar-refractivity contribution in [2.45, 2.75) is 19.3 Å². The van der Waals surface area contributed by atoms with Gasteiger partial charge in [-0.05, 0) is 36.8 Å². The molecule has 1 fully saturated rings. The molecule has 0 radical (unpaired) electrons. The minimum absolute atomic E-state index is 0.0784. The highest BCUT2D eigenvalue weighted by Crippen LogP contribution is 2.48. The van der Waals surface area contributed by atoms with Crippen LogP contribution in [0.3, 0.4) is 0 Å². The van der Waals surface area contributed by atoms with Crippen LogP contribution in [0.2, 0.25) is 0 Å². The third-order valence-electron chi connectivity index (χ3n) is 3.69. The fourth-order valence-corrected chi connectivity index (χ4v) is 2.19. The Kier molecular flexibility index (Phi) is 3.89. The number of nitrogens with zero attached hydrogens (tertiary/aromatic N) is 1. The van der Waals surface area contributed by atoms with Gasteiger partial charge in [0, 0.05) is 24.9 Å². The van der Waals surface area contributed by atoms with Crippen LogP contribution < -0.4 is 5.32 Å². The predicted molar refractivity (Wildman–Crippen MR) is 71.9 cm³/mol. The van der Waals surface area contributed by atoms with Crippen molar-refractivity contribution in [1.82, 2.24) is 0 Å². The van der Waals surface area contributed by atoms with Gasteiger partial charge in [-0.3, -0.25) is 10.1 Å². The van der Waals surface area contributed by atoms with Crippen molar-refractivity contribution in [2.75, 3.05) is 18.5 Å². The number of benzene rings is 1. The quantitative estimate of drug-likeness (QED) is 0.519. The zero-order chi connectivity index (χ0) is 14.8. The van der Waals surface area contributed by atoms with Crippen LogP contribution in [0.1, 0.15) is 29.6 Å². The van der Waals surface area contributed by atoms with Crippen LogP contribution >= 0.6 is 0 Å². The number of nitro benzene ring substituents is 1. The highest BCUT2D eigenvalue weighted by Gasteiger charge is 2.41. The summed E-state index contributed by atoms with van der Waals surface area (Å²) >= 11 is 0. The molecule has 0 amide bonds. The highest BCUT2D eigenvalue weighted by molar-refractivity contribution is 5.93. The number of aliphatic hydroxyl groups excluding tert-OH is 1. The Balaban J connectivity index is 2.11. The Hall–Kier alpha value is -2.15. The van der Waals surface area contributed by atoms with Gasteiger partial charge in [-0.15, -0.1) is 0 Å². The van der Waals surface area contributed by atoms with Gasteiger partial charge in [0.05, 0.1) is 4.92 Å². The van der Waals surface area contributed by atoms with Gasteiger partial charge in [0.1, 0.15) is 5.56 Å². The molecule has 3 N–H and O–H groups in total. The van der Waals surface area contributed by atoms with E-state index >= 15 is 0 Å². The third kappa shape index (κ3) is 3.05. The first kappa shape index (κ1) is 14.3. The normalized spacial score (nSPS) is 15.7. The maximum Gasteiger partial charge on any atom is 0.342 e. The van der Waals surface area contributed by atoms with Crippen molar-refractivity contribution in [1.29, 1.82) is 0 Å². The number of aromatic carboxylic acids is 1. The fourth-order valence-electron chi connectivity index (χ4n) is 2.19. The molecular formula is C13H16N2O5.